The van der Waals surface area contributed by atoms with Crippen LogP contribution in [0, 0.1) is 19.7 Å². The van der Waals surface area contributed by atoms with Crippen LogP contribution in [0.15, 0.2) is 12.1 Å². The molecule has 94 valence electrons. The monoisotopic (exact) mass is 238 g/mol. The third kappa shape index (κ3) is 2.67. The molecule has 1 fully saturated rings. The van der Waals surface area contributed by atoms with E-state index in [9.17, 15) is 9.50 Å². The first-order valence-electron chi connectivity index (χ1n) is 6.16. The number of aliphatic hydroxyl groups is 1. The van der Waals surface area contributed by atoms with Gasteiger partial charge in [0, 0.05) is 12.2 Å². The highest BCUT2D eigenvalue weighted by molar-refractivity contribution is 5.34. The Morgan fingerprint density at radius 3 is 2.71 bits per heavy atom. The van der Waals surface area contributed by atoms with Crippen molar-refractivity contribution in [3.05, 3.63) is 34.6 Å². The minimum atomic E-state index is -0.851. The second-order valence-electron chi connectivity index (χ2n) is 4.83. The number of aryl methyl sites for hydroxylation is 2. The Kier molecular flexibility index (Phi) is 3.79. The molecule has 2 rings (SSSR count). The summed E-state index contributed by atoms with van der Waals surface area (Å²) in [7, 11) is 0. The van der Waals surface area contributed by atoms with Crippen LogP contribution in [-0.2, 0) is 4.74 Å². The van der Waals surface area contributed by atoms with Crippen LogP contribution in [0.2, 0.25) is 0 Å². The molecule has 1 N–H and O–H groups in total. The van der Waals surface area contributed by atoms with Crippen molar-refractivity contribution in [3.63, 3.8) is 0 Å². The summed E-state index contributed by atoms with van der Waals surface area (Å²) in [5.74, 6) is -0.329. The van der Waals surface area contributed by atoms with Crippen LogP contribution in [0.5, 0.6) is 0 Å². The first-order chi connectivity index (χ1) is 8.09. The maximum Gasteiger partial charge on any atom is 0.129 e. The number of hydrogen-bond acceptors (Lipinski definition) is 2. The molecule has 0 saturated carbocycles. The zero-order valence-electron chi connectivity index (χ0n) is 10.4. The van der Waals surface area contributed by atoms with Gasteiger partial charge in [-0.2, -0.15) is 0 Å². The molecule has 0 aliphatic carbocycles. The molecule has 2 nitrogen and oxygen atoms in total. The number of halogens is 1. The molecule has 0 aromatic heterocycles. The van der Waals surface area contributed by atoms with Gasteiger partial charge in [0.1, 0.15) is 11.9 Å². The van der Waals surface area contributed by atoms with Gasteiger partial charge < -0.3 is 9.84 Å². The maximum atomic E-state index is 13.9. The van der Waals surface area contributed by atoms with E-state index in [1.807, 2.05) is 19.9 Å². The van der Waals surface area contributed by atoms with E-state index < -0.39 is 6.10 Å². The Balaban J connectivity index is 2.26. The average Bonchev–Trinajstić information content (AvgIpc) is 2.28. The minimum Gasteiger partial charge on any atom is -0.386 e. The van der Waals surface area contributed by atoms with Crippen LogP contribution < -0.4 is 0 Å². The fraction of sp³-hybridized carbons (Fsp3) is 0.571. The molecular formula is C14H19FO2. The standard InChI is InChI=1S/C14H19FO2/c1-9-7-10(2)13(11(15)8-9)14(16)12-5-3-4-6-17-12/h7-8,12,14,16H,3-6H2,1-2H3. The zero-order valence-corrected chi connectivity index (χ0v) is 10.4. The van der Waals surface area contributed by atoms with Crippen LogP contribution in [0.3, 0.4) is 0 Å². The Bertz CT molecular complexity index is 374. The highest BCUT2D eigenvalue weighted by Gasteiger charge is 2.27. The van der Waals surface area contributed by atoms with Gasteiger partial charge in [-0.25, -0.2) is 4.39 Å². The lowest BCUT2D eigenvalue weighted by Crippen LogP contribution is -2.27. The Morgan fingerprint density at radius 2 is 2.12 bits per heavy atom. The number of aliphatic hydroxyl groups excluding tert-OH is 1. The molecule has 17 heavy (non-hydrogen) atoms. The summed E-state index contributed by atoms with van der Waals surface area (Å²) >= 11 is 0. The van der Waals surface area contributed by atoms with E-state index in [0.717, 1.165) is 30.4 Å². The van der Waals surface area contributed by atoms with Gasteiger partial charge in [-0.3, -0.25) is 0 Å². The Hall–Kier alpha value is -0.930. The van der Waals surface area contributed by atoms with Gasteiger partial charge in [-0.05, 0) is 50.3 Å². The number of rotatable bonds is 2. The largest absolute Gasteiger partial charge is 0.386 e. The molecule has 2 unspecified atom stereocenters. The van der Waals surface area contributed by atoms with Crippen molar-refractivity contribution in [2.24, 2.45) is 0 Å². The summed E-state index contributed by atoms with van der Waals surface area (Å²) in [5.41, 5.74) is 2.06. The first kappa shape index (κ1) is 12.5. The molecule has 0 spiro atoms. The fourth-order valence-corrected chi connectivity index (χ4v) is 2.50. The Morgan fingerprint density at radius 1 is 1.35 bits per heavy atom. The minimum absolute atomic E-state index is 0.264. The average molecular weight is 238 g/mol. The summed E-state index contributed by atoms with van der Waals surface area (Å²) in [5, 5.41) is 10.2. The summed E-state index contributed by atoms with van der Waals surface area (Å²) in [6.07, 6.45) is 1.75. The van der Waals surface area contributed by atoms with Gasteiger partial charge in [-0.1, -0.05) is 6.07 Å². The second kappa shape index (κ2) is 5.15. The Labute approximate surface area is 101 Å². The van der Waals surface area contributed by atoms with Gasteiger partial charge in [0.25, 0.3) is 0 Å². The predicted octanol–water partition coefficient (Wildman–Crippen LogP) is 3.05. The highest BCUT2D eigenvalue weighted by atomic mass is 19.1. The molecule has 1 aliphatic rings. The molecule has 0 radical (unpaired) electrons. The van der Waals surface area contributed by atoms with Crippen LogP contribution >= 0.6 is 0 Å². The van der Waals surface area contributed by atoms with Gasteiger partial charge in [0.2, 0.25) is 0 Å². The summed E-state index contributed by atoms with van der Waals surface area (Å²) < 4.78 is 19.4. The zero-order chi connectivity index (χ0) is 12.4. The molecule has 0 amide bonds. The van der Waals surface area contributed by atoms with E-state index in [4.69, 9.17) is 4.74 Å². The van der Waals surface area contributed by atoms with Gasteiger partial charge in [0.15, 0.2) is 0 Å². The third-order valence-corrected chi connectivity index (χ3v) is 3.34. The second-order valence-corrected chi connectivity index (χ2v) is 4.83. The normalized spacial score (nSPS) is 22.5. The van der Waals surface area contributed by atoms with Crippen molar-refractivity contribution in [3.8, 4) is 0 Å². The lowest BCUT2D eigenvalue weighted by atomic mass is 9.93. The smallest absolute Gasteiger partial charge is 0.129 e. The topological polar surface area (TPSA) is 29.5 Å². The van der Waals surface area contributed by atoms with Crippen LogP contribution in [0.1, 0.15) is 42.1 Å². The van der Waals surface area contributed by atoms with Crippen molar-refractivity contribution >= 4 is 0 Å². The molecule has 1 heterocycles. The van der Waals surface area contributed by atoms with E-state index in [1.54, 1.807) is 0 Å². The van der Waals surface area contributed by atoms with Gasteiger partial charge >= 0.3 is 0 Å². The molecule has 1 aliphatic heterocycles. The SMILES string of the molecule is Cc1cc(C)c(C(O)C2CCCCO2)c(F)c1. The molecule has 3 heteroatoms. The van der Waals surface area contributed by atoms with Crippen LogP contribution in [-0.4, -0.2) is 17.8 Å². The number of hydrogen-bond donors (Lipinski definition) is 1. The molecular weight excluding hydrogens is 219 g/mol. The summed E-state index contributed by atoms with van der Waals surface area (Å²) in [4.78, 5) is 0. The van der Waals surface area contributed by atoms with E-state index in [2.05, 4.69) is 0 Å². The highest BCUT2D eigenvalue weighted by Crippen LogP contribution is 2.30. The van der Waals surface area contributed by atoms with Crippen molar-refractivity contribution in [1.29, 1.82) is 0 Å². The lowest BCUT2D eigenvalue weighted by Gasteiger charge is -2.28. The van der Waals surface area contributed by atoms with E-state index in [0.29, 0.717) is 12.2 Å². The van der Waals surface area contributed by atoms with Crippen LogP contribution in [0.25, 0.3) is 0 Å². The van der Waals surface area contributed by atoms with E-state index in [-0.39, 0.29) is 11.9 Å². The van der Waals surface area contributed by atoms with Crippen molar-refractivity contribution in [2.75, 3.05) is 6.61 Å². The molecule has 2 atom stereocenters. The molecule has 1 aromatic carbocycles. The van der Waals surface area contributed by atoms with Gasteiger partial charge in [-0.15, -0.1) is 0 Å². The molecule has 1 aromatic rings. The fourth-order valence-electron chi connectivity index (χ4n) is 2.50. The van der Waals surface area contributed by atoms with Crippen molar-refractivity contribution in [2.45, 2.75) is 45.3 Å². The van der Waals surface area contributed by atoms with E-state index in [1.165, 1.54) is 6.07 Å². The summed E-state index contributed by atoms with van der Waals surface area (Å²) in [6.45, 7) is 4.34. The van der Waals surface area contributed by atoms with Gasteiger partial charge in [0.05, 0.1) is 6.10 Å². The molecule has 1 saturated heterocycles. The maximum absolute atomic E-state index is 13.9. The predicted molar refractivity (Wildman–Crippen MR) is 64.4 cm³/mol. The quantitative estimate of drug-likeness (QED) is 0.858. The van der Waals surface area contributed by atoms with Crippen molar-refractivity contribution < 1.29 is 14.2 Å². The molecule has 0 bridgehead atoms. The number of benzene rings is 1. The summed E-state index contributed by atoms with van der Waals surface area (Å²) in [6, 6.07) is 3.36. The number of ether oxygens (including phenoxy) is 1. The third-order valence-electron chi connectivity index (χ3n) is 3.34. The van der Waals surface area contributed by atoms with Crippen molar-refractivity contribution in [1.82, 2.24) is 0 Å². The van der Waals surface area contributed by atoms with Crippen LogP contribution in [0.4, 0.5) is 4.39 Å². The lowest BCUT2D eigenvalue weighted by molar-refractivity contribution is -0.0646. The first-order valence-corrected chi connectivity index (χ1v) is 6.16. The van der Waals surface area contributed by atoms with E-state index >= 15 is 0 Å².